The molecule has 1 aromatic carbocycles. The molecule has 0 saturated heterocycles. The lowest BCUT2D eigenvalue weighted by Crippen LogP contribution is -2.47. The number of ether oxygens (including phenoxy) is 1. The van der Waals surface area contributed by atoms with Crippen LogP contribution in [0.25, 0.3) is 0 Å². The van der Waals surface area contributed by atoms with Gasteiger partial charge in [-0.15, -0.1) is 0 Å². The summed E-state index contributed by atoms with van der Waals surface area (Å²) in [5.74, 6) is -0.501. The van der Waals surface area contributed by atoms with Crippen LogP contribution in [0.3, 0.4) is 0 Å². The van der Waals surface area contributed by atoms with Crippen LogP contribution >= 0.6 is 23.2 Å². The third-order valence-electron chi connectivity index (χ3n) is 3.21. The number of amides is 1. The summed E-state index contributed by atoms with van der Waals surface area (Å²) in [5, 5.41) is 6.57. The van der Waals surface area contributed by atoms with Crippen LogP contribution in [0, 0.1) is 5.92 Å². The monoisotopic (exact) mass is 360 g/mol. The van der Waals surface area contributed by atoms with E-state index in [1.165, 1.54) is 7.11 Å². The Morgan fingerprint density at radius 2 is 1.83 bits per heavy atom. The molecule has 0 aromatic heterocycles. The van der Waals surface area contributed by atoms with E-state index in [4.69, 9.17) is 27.9 Å². The molecular formula is C16H22Cl2N2O3. The zero-order valence-electron chi connectivity index (χ0n) is 13.7. The van der Waals surface area contributed by atoms with Crippen LogP contribution in [0.4, 0.5) is 5.69 Å². The van der Waals surface area contributed by atoms with Crippen molar-refractivity contribution in [1.82, 2.24) is 5.32 Å². The molecule has 1 aromatic rings. The van der Waals surface area contributed by atoms with E-state index in [0.717, 1.165) is 0 Å². The number of carbonyl (C=O) groups is 2. The van der Waals surface area contributed by atoms with Crippen molar-refractivity contribution in [2.45, 2.75) is 39.3 Å². The largest absolute Gasteiger partial charge is 0.467 e. The summed E-state index contributed by atoms with van der Waals surface area (Å²) >= 11 is 11.8. The summed E-state index contributed by atoms with van der Waals surface area (Å²) in [4.78, 5) is 24.0. The van der Waals surface area contributed by atoms with Crippen LogP contribution < -0.4 is 10.6 Å². The molecule has 0 aliphatic carbocycles. The Kier molecular flexibility index (Phi) is 7.65. The number of nitrogens with one attached hydrogen (secondary N) is 2. The first-order valence-electron chi connectivity index (χ1n) is 7.34. The lowest BCUT2D eigenvalue weighted by atomic mass is 10.0. The van der Waals surface area contributed by atoms with E-state index in [1.54, 1.807) is 25.1 Å². The van der Waals surface area contributed by atoms with Gasteiger partial charge in [-0.2, -0.15) is 0 Å². The molecule has 0 saturated carbocycles. The van der Waals surface area contributed by atoms with Gasteiger partial charge in [0, 0.05) is 5.69 Å². The smallest absolute Gasteiger partial charge is 0.328 e. The van der Waals surface area contributed by atoms with Gasteiger partial charge < -0.3 is 15.4 Å². The molecule has 0 fully saturated rings. The zero-order chi connectivity index (χ0) is 17.6. The van der Waals surface area contributed by atoms with Crippen LogP contribution in [0.1, 0.15) is 27.2 Å². The SMILES string of the molecule is COC(=O)C(CC(C)C)NC(=O)C(C)Nc1ccc(Cl)c(Cl)c1. The van der Waals surface area contributed by atoms with E-state index in [9.17, 15) is 9.59 Å². The third kappa shape index (κ3) is 6.28. The van der Waals surface area contributed by atoms with Gasteiger partial charge in [0.05, 0.1) is 17.2 Å². The number of methoxy groups -OCH3 is 1. The average molecular weight is 361 g/mol. The summed E-state index contributed by atoms with van der Waals surface area (Å²) in [6.45, 7) is 5.64. The second-order valence-corrected chi connectivity index (χ2v) is 6.52. The fraction of sp³-hybridized carbons (Fsp3) is 0.500. The second-order valence-electron chi connectivity index (χ2n) is 5.71. The molecular weight excluding hydrogens is 339 g/mol. The van der Waals surface area contributed by atoms with Crippen molar-refractivity contribution in [3.63, 3.8) is 0 Å². The van der Waals surface area contributed by atoms with E-state index in [2.05, 4.69) is 10.6 Å². The molecule has 2 atom stereocenters. The molecule has 1 amide bonds. The summed E-state index contributed by atoms with van der Waals surface area (Å²) in [6, 6.07) is 3.80. The van der Waals surface area contributed by atoms with Crippen LogP contribution in [-0.4, -0.2) is 31.1 Å². The normalized spacial score (nSPS) is 13.3. The lowest BCUT2D eigenvalue weighted by molar-refractivity contribution is -0.145. The van der Waals surface area contributed by atoms with Gasteiger partial charge in [-0.3, -0.25) is 4.79 Å². The van der Waals surface area contributed by atoms with E-state index in [0.29, 0.717) is 22.2 Å². The molecule has 0 aliphatic heterocycles. The highest BCUT2D eigenvalue weighted by Crippen LogP contribution is 2.25. The Morgan fingerprint density at radius 1 is 1.17 bits per heavy atom. The van der Waals surface area contributed by atoms with Crippen molar-refractivity contribution in [3.8, 4) is 0 Å². The summed E-state index contributed by atoms with van der Waals surface area (Å²) < 4.78 is 4.73. The van der Waals surface area contributed by atoms with Gasteiger partial charge in [-0.25, -0.2) is 4.79 Å². The summed E-state index contributed by atoms with van der Waals surface area (Å²) in [6.07, 6.45) is 0.512. The number of hydrogen-bond donors (Lipinski definition) is 2. The fourth-order valence-electron chi connectivity index (χ4n) is 2.03. The fourth-order valence-corrected chi connectivity index (χ4v) is 2.32. The molecule has 1 rings (SSSR count). The molecule has 0 spiro atoms. The Balaban J connectivity index is 2.70. The Morgan fingerprint density at radius 3 is 2.35 bits per heavy atom. The highest BCUT2D eigenvalue weighted by Gasteiger charge is 2.24. The first-order valence-corrected chi connectivity index (χ1v) is 8.10. The minimum absolute atomic E-state index is 0.248. The predicted molar refractivity (Wildman–Crippen MR) is 92.9 cm³/mol. The minimum Gasteiger partial charge on any atom is -0.467 e. The van der Waals surface area contributed by atoms with Crippen LogP contribution in [0.15, 0.2) is 18.2 Å². The van der Waals surface area contributed by atoms with E-state index < -0.39 is 18.1 Å². The van der Waals surface area contributed by atoms with Crippen molar-refractivity contribution in [3.05, 3.63) is 28.2 Å². The van der Waals surface area contributed by atoms with Crippen molar-refractivity contribution in [2.24, 2.45) is 5.92 Å². The van der Waals surface area contributed by atoms with Gasteiger partial charge in [0.25, 0.3) is 0 Å². The van der Waals surface area contributed by atoms with Crippen molar-refractivity contribution in [2.75, 3.05) is 12.4 Å². The van der Waals surface area contributed by atoms with Crippen LogP contribution in [0.5, 0.6) is 0 Å². The number of hydrogen-bond acceptors (Lipinski definition) is 4. The average Bonchev–Trinajstić information content (AvgIpc) is 2.48. The van der Waals surface area contributed by atoms with E-state index >= 15 is 0 Å². The van der Waals surface area contributed by atoms with E-state index in [1.807, 2.05) is 13.8 Å². The first-order chi connectivity index (χ1) is 10.7. The molecule has 2 N–H and O–H groups in total. The quantitative estimate of drug-likeness (QED) is 0.730. The minimum atomic E-state index is -0.662. The number of rotatable bonds is 7. The molecule has 7 heteroatoms. The van der Waals surface area contributed by atoms with Gasteiger partial charge in [0.2, 0.25) is 5.91 Å². The van der Waals surface area contributed by atoms with Crippen LogP contribution in [-0.2, 0) is 14.3 Å². The second kappa shape index (κ2) is 8.99. The molecule has 0 aliphatic rings. The maximum atomic E-state index is 12.3. The molecule has 0 bridgehead atoms. The molecule has 128 valence electrons. The molecule has 0 heterocycles. The Bertz CT molecular complexity index is 564. The molecule has 0 radical (unpaired) electrons. The van der Waals surface area contributed by atoms with Gasteiger partial charge in [0.1, 0.15) is 12.1 Å². The lowest BCUT2D eigenvalue weighted by Gasteiger charge is -2.21. The predicted octanol–water partition coefficient (Wildman–Crippen LogP) is 3.50. The van der Waals surface area contributed by atoms with Crippen LogP contribution in [0.2, 0.25) is 10.0 Å². The number of benzene rings is 1. The van der Waals surface area contributed by atoms with Gasteiger partial charge in [-0.05, 0) is 37.5 Å². The van der Waals surface area contributed by atoms with E-state index in [-0.39, 0.29) is 11.8 Å². The topological polar surface area (TPSA) is 67.4 Å². The van der Waals surface area contributed by atoms with Crippen molar-refractivity contribution >= 4 is 40.8 Å². The first kappa shape index (κ1) is 19.6. The van der Waals surface area contributed by atoms with Gasteiger partial charge >= 0.3 is 5.97 Å². The number of halogens is 2. The van der Waals surface area contributed by atoms with Crippen molar-refractivity contribution in [1.29, 1.82) is 0 Å². The standard InChI is InChI=1S/C16H22Cl2N2O3/c1-9(2)7-14(16(22)23-4)20-15(21)10(3)19-11-5-6-12(17)13(18)8-11/h5-6,8-10,14,19H,7H2,1-4H3,(H,20,21). The van der Waals surface area contributed by atoms with Crippen molar-refractivity contribution < 1.29 is 14.3 Å². The Labute approximate surface area is 146 Å². The Hall–Kier alpha value is -1.46. The number of esters is 1. The maximum Gasteiger partial charge on any atom is 0.328 e. The molecule has 5 nitrogen and oxygen atoms in total. The maximum absolute atomic E-state index is 12.3. The van der Waals surface area contributed by atoms with Gasteiger partial charge in [-0.1, -0.05) is 37.0 Å². The number of carbonyl (C=O) groups excluding carboxylic acids is 2. The zero-order valence-corrected chi connectivity index (χ0v) is 15.2. The number of anilines is 1. The van der Waals surface area contributed by atoms with Gasteiger partial charge in [0.15, 0.2) is 0 Å². The third-order valence-corrected chi connectivity index (χ3v) is 3.94. The summed E-state index contributed by atoms with van der Waals surface area (Å²) in [7, 11) is 1.30. The molecule has 2 unspecified atom stereocenters. The molecule has 23 heavy (non-hydrogen) atoms. The highest BCUT2D eigenvalue weighted by atomic mass is 35.5. The summed E-state index contributed by atoms with van der Waals surface area (Å²) in [5.41, 5.74) is 0.667. The highest BCUT2D eigenvalue weighted by molar-refractivity contribution is 6.42.